The fraction of sp³-hybridized carbons (Fsp3) is 0.421. The maximum absolute atomic E-state index is 12.3. The van der Waals surface area contributed by atoms with E-state index in [1.807, 2.05) is 25.1 Å². The fourth-order valence-corrected chi connectivity index (χ4v) is 3.06. The Kier molecular flexibility index (Phi) is 5.41. The molecule has 0 atom stereocenters. The van der Waals surface area contributed by atoms with Crippen LogP contribution in [-0.2, 0) is 6.42 Å². The minimum absolute atomic E-state index is 0.147. The summed E-state index contributed by atoms with van der Waals surface area (Å²) < 4.78 is 0. The van der Waals surface area contributed by atoms with Gasteiger partial charge >= 0.3 is 0 Å². The molecule has 3 rings (SSSR count). The molecule has 1 aromatic heterocycles. The second kappa shape index (κ2) is 7.90. The highest BCUT2D eigenvalue weighted by molar-refractivity contribution is 5.92. The number of hydrogen-bond acceptors (Lipinski definition) is 4. The Morgan fingerprint density at radius 2 is 1.92 bits per heavy atom. The third kappa shape index (κ3) is 4.54. The molecule has 5 nitrogen and oxygen atoms in total. The summed E-state index contributed by atoms with van der Waals surface area (Å²) in [6, 6.07) is 12.3. The number of carbonyl (C=O) groups excluding carboxylic acids is 1. The summed E-state index contributed by atoms with van der Waals surface area (Å²) in [5, 5.41) is 6.30. The molecule has 0 radical (unpaired) electrons. The summed E-state index contributed by atoms with van der Waals surface area (Å²) in [6.07, 6.45) is 5.60. The van der Waals surface area contributed by atoms with Gasteiger partial charge in [0.1, 0.15) is 5.69 Å². The first-order chi connectivity index (χ1) is 11.7. The zero-order valence-corrected chi connectivity index (χ0v) is 14.1. The van der Waals surface area contributed by atoms with Crippen molar-refractivity contribution in [3.8, 4) is 0 Å². The van der Waals surface area contributed by atoms with Crippen LogP contribution in [0, 0.1) is 6.92 Å². The summed E-state index contributed by atoms with van der Waals surface area (Å²) in [7, 11) is 0. The second-order valence-corrected chi connectivity index (χ2v) is 6.34. The molecule has 1 fully saturated rings. The molecule has 1 saturated carbocycles. The van der Waals surface area contributed by atoms with Gasteiger partial charge in [-0.05, 0) is 37.8 Å². The minimum atomic E-state index is -0.147. The van der Waals surface area contributed by atoms with Crippen molar-refractivity contribution in [3.05, 3.63) is 53.3 Å². The van der Waals surface area contributed by atoms with Gasteiger partial charge in [0, 0.05) is 18.3 Å². The van der Waals surface area contributed by atoms with Gasteiger partial charge in [-0.3, -0.25) is 4.79 Å². The summed E-state index contributed by atoms with van der Waals surface area (Å²) in [5.41, 5.74) is 2.44. The van der Waals surface area contributed by atoms with Crippen LogP contribution in [0.15, 0.2) is 36.4 Å². The predicted octanol–water partition coefficient (Wildman–Crippen LogP) is 3.11. The number of rotatable bonds is 6. The normalized spacial score (nSPS) is 14.5. The van der Waals surface area contributed by atoms with E-state index in [-0.39, 0.29) is 5.91 Å². The Hall–Kier alpha value is -2.43. The number of anilines is 1. The lowest BCUT2D eigenvalue weighted by Gasteiger charge is -2.13. The van der Waals surface area contributed by atoms with Crippen molar-refractivity contribution in [3.63, 3.8) is 0 Å². The molecule has 0 bridgehead atoms. The zero-order chi connectivity index (χ0) is 16.8. The van der Waals surface area contributed by atoms with E-state index in [2.05, 4.69) is 32.7 Å². The largest absolute Gasteiger partial charge is 0.351 e. The standard InChI is InChI=1S/C19H24N4O/c1-14-13-17(23-19(21-14)22-16-9-5-6-10-16)18(24)20-12-11-15-7-3-2-4-8-15/h2-4,7-8,13,16H,5-6,9-12H2,1H3,(H,20,24)(H,21,22,23). The van der Waals surface area contributed by atoms with Crippen molar-refractivity contribution in [1.29, 1.82) is 0 Å². The second-order valence-electron chi connectivity index (χ2n) is 6.34. The molecular weight excluding hydrogens is 300 g/mol. The van der Waals surface area contributed by atoms with Crippen LogP contribution < -0.4 is 10.6 Å². The highest BCUT2D eigenvalue weighted by atomic mass is 16.1. The first-order valence-corrected chi connectivity index (χ1v) is 8.65. The Morgan fingerprint density at radius 1 is 1.17 bits per heavy atom. The highest BCUT2D eigenvalue weighted by Gasteiger charge is 2.17. The van der Waals surface area contributed by atoms with Crippen LogP contribution in [0.25, 0.3) is 0 Å². The van der Waals surface area contributed by atoms with Crippen molar-refractivity contribution in [2.45, 2.75) is 45.1 Å². The molecule has 1 aliphatic carbocycles. The number of aromatic nitrogens is 2. The van der Waals surface area contributed by atoms with E-state index in [1.54, 1.807) is 6.07 Å². The Balaban J connectivity index is 1.58. The van der Waals surface area contributed by atoms with E-state index in [1.165, 1.54) is 18.4 Å². The Labute approximate surface area is 142 Å². The van der Waals surface area contributed by atoms with Crippen molar-refractivity contribution in [1.82, 2.24) is 15.3 Å². The first kappa shape index (κ1) is 16.4. The van der Waals surface area contributed by atoms with E-state index in [9.17, 15) is 4.79 Å². The SMILES string of the molecule is Cc1cc(C(=O)NCCc2ccccc2)nc(NC2CCCC2)n1. The van der Waals surface area contributed by atoms with Crippen molar-refractivity contribution >= 4 is 11.9 Å². The molecule has 2 N–H and O–H groups in total. The van der Waals surface area contributed by atoms with Gasteiger partial charge in [0.2, 0.25) is 5.95 Å². The van der Waals surface area contributed by atoms with Gasteiger partial charge in [-0.2, -0.15) is 0 Å². The average Bonchev–Trinajstić information content (AvgIpc) is 3.08. The Morgan fingerprint density at radius 3 is 2.67 bits per heavy atom. The van der Waals surface area contributed by atoms with Gasteiger partial charge in [0.25, 0.3) is 5.91 Å². The quantitative estimate of drug-likeness (QED) is 0.857. The molecule has 2 aromatic rings. The average molecular weight is 324 g/mol. The lowest BCUT2D eigenvalue weighted by molar-refractivity contribution is 0.0949. The topological polar surface area (TPSA) is 66.9 Å². The van der Waals surface area contributed by atoms with Crippen molar-refractivity contribution in [2.24, 2.45) is 0 Å². The molecule has 0 spiro atoms. The van der Waals surface area contributed by atoms with Crippen LogP contribution in [0.4, 0.5) is 5.95 Å². The number of nitrogens with one attached hydrogen (secondary N) is 2. The van der Waals surface area contributed by atoms with E-state index >= 15 is 0 Å². The van der Waals surface area contributed by atoms with Crippen LogP contribution in [0.5, 0.6) is 0 Å². The minimum Gasteiger partial charge on any atom is -0.351 e. The molecule has 0 unspecified atom stereocenters. The van der Waals surface area contributed by atoms with Crippen LogP contribution in [0.3, 0.4) is 0 Å². The van der Waals surface area contributed by atoms with Crippen molar-refractivity contribution in [2.75, 3.05) is 11.9 Å². The monoisotopic (exact) mass is 324 g/mol. The lowest BCUT2D eigenvalue weighted by Crippen LogP contribution is -2.27. The number of benzene rings is 1. The van der Waals surface area contributed by atoms with Gasteiger partial charge in [-0.15, -0.1) is 0 Å². The number of aryl methyl sites for hydroxylation is 1. The molecule has 0 aliphatic heterocycles. The number of carbonyl (C=O) groups is 1. The molecule has 1 aliphatic rings. The summed E-state index contributed by atoms with van der Waals surface area (Å²) in [4.78, 5) is 21.1. The van der Waals surface area contributed by atoms with Crippen LogP contribution in [0.1, 0.15) is 47.4 Å². The van der Waals surface area contributed by atoms with Gasteiger partial charge < -0.3 is 10.6 Å². The van der Waals surface area contributed by atoms with Crippen molar-refractivity contribution < 1.29 is 4.79 Å². The third-order valence-electron chi connectivity index (χ3n) is 4.32. The summed E-state index contributed by atoms with van der Waals surface area (Å²) >= 11 is 0. The number of nitrogens with zero attached hydrogens (tertiary/aromatic N) is 2. The summed E-state index contributed by atoms with van der Waals surface area (Å²) in [6.45, 7) is 2.49. The lowest BCUT2D eigenvalue weighted by atomic mass is 10.1. The zero-order valence-electron chi connectivity index (χ0n) is 14.1. The first-order valence-electron chi connectivity index (χ1n) is 8.65. The molecule has 1 amide bonds. The van der Waals surface area contributed by atoms with E-state index in [0.717, 1.165) is 25.0 Å². The van der Waals surface area contributed by atoms with Gasteiger partial charge in [-0.25, -0.2) is 9.97 Å². The predicted molar refractivity (Wildman–Crippen MR) is 95.1 cm³/mol. The smallest absolute Gasteiger partial charge is 0.270 e. The van der Waals surface area contributed by atoms with Crippen LogP contribution in [-0.4, -0.2) is 28.5 Å². The third-order valence-corrected chi connectivity index (χ3v) is 4.32. The van der Waals surface area contributed by atoms with Gasteiger partial charge in [-0.1, -0.05) is 43.2 Å². The van der Waals surface area contributed by atoms with E-state index in [4.69, 9.17) is 0 Å². The molecule has 1 aromatic carbocycles. The van der Waals surface area contributed by atoms with Gasteiger partial charge in [0.15, 0.2) is 0 Å². The fourth-order valence-electron chi connectivity index (χ4n) is 3.06. The van der Waals surface area contributed by atoms with Gasteiger partial charge in [0.05, 0.1) is 0 Å². The molecule has 1 heterocycles. The maximum atomic E-state index is 12.3. The molecule has 24 heavy (non-hydrogen) atoms. The maximum Gasteiger partial charge on any atom is 0.270 e. The van der Waals surface area contributed by atoms with Crippen LogP contribution >= 0.6 is 0 Å². The molecule has 5 heteroatoms. The highest BCUT2D eigenvalue weighted by Crippen LogP contribution is 2.21. The summed E-state index contributed by atoms with van der Waals surface area (Å²) in [5.74, 6) is 0.418. The van der Waals surface area contributed by atoms with E-state index < -0.39 is 0 Å². The molecular formula is C19H24N4O. The number of amides is 1. The molecule has 0 saturated heterocycles. The van der Waals surface area contributed by atoms with Crippen LogP contribution in [0.2, 0.25) is 0 Å². The number of hydrogen-bond donors (Lipinski definition) is 2. The van der Waals surface area contributed by atoms with E-state index in [0.29, 0.717) is 24.2 Å². The molecule has 126 valence electrons. The Bertz CT molecular complexity index is 681.